The summed E-state index contributed by atoms with van der Waals surface area (Å²) in [5, 5.41) is 11.4. The second kappa shape index (κ2) is 13.0. The Balaban J connectivity index is 1.36. The monoisotopic (exact) mass is 697 g/mol. The number of likely N-dealkylation sites (tertiary alicyclic amines) is 1. The molecule has 10 heteroatoms. The Kier molecular flexibility index (Phi) is 8.88. The van der Waals surface area contributed by atoms with Crippen molar-refractivity contribution in [2.45, 2.75) is 48.8 Å². The minimum absolute atomic E-state index is 0.174. The molecule has 3 aromatic rings. The standard InChI is InChI=1S/C39H40ClN3O5S/c1-4-48-29-17-15-27(16-18-29)41-21-9-19-38(3)31(35(41)45)32-36(46)43(28(24-44)23-26-12-6-5-7-13-26)34-37(47)42(22-10-20-39(32,34)49-38)33-25(2)11-8-14-30(33)40/h5-20,28,31-32,34,44H,4,21-24H2,1-3H3/t28-,31-,32+,34?,38+,39+/m1/s1. The molecule has 0 saturated carbocycles. The van der Waals surface area contributed by atoms with Crippen molar-refractivity contribution in [3.8, 4) is 5.75 Å². The van der Waals surface area contributed by atoms with Gasteiger partial charge in [-0.15, -0.1) is 11.8 Å². The first-order chi connectivity index (χ1) is 23.6. The molecule has 1 unspecified atom stereocenters. The van der Waals surface area contributed by atoms with Crippen molar-refractivity contribution in [1.82, 2.24) is 4.90 Å². The smallest absolute Gasteiger partial charge is 0.251 e. The fraction of sp³-hybridized carbons (Fsp3) is 0.359. The highest BCUT2D eigenvalue weighted by molar-refractivity contribution is 8.02. The zero-order valence-corrected chi connectivity index (χ0v) is 29.4. The predicted molar refractivity (Wildman–Crippen MR) is 194 cm³/mol. The number of nitrogens with zero attached hydrogens (tertiary/aromatic N) is 3. The minimum Gasteiger partial charge on any atom is -0.494 e. The zero-order valence-electron chi connectivity index (χ0n) is 27.8. The quantitative estimate of drug-likeness (QED) is 0.298. The molecule has 6 atom stereocenters. The van der Waals surface area contributed by atoms with Crippen molar-refractivity contribution in [3.63, 3.8) is 0 Å². The lowest BCUT2D eigenvalue weighted by atomic mass is 9.74. The fourth-order valence-corrected chi connectivity index (χ4v) is 10.7. The highest BCUT2D eigenvalue weighted by Crippen LogP contribution is 2.66. The van der Waals surface area contributed by atoms with Crippen LogP contribution < -0.4 is 14.5 Å². The van der Waals surface area contributed by atoms with Crippen LogP contribution in [-0.4, -0.2) is 75.6 Å². The molecule has 1 N–H and O–H groups in total. The molecular weight excluding hydrogens is 658 g/mol. The zero-order chi connectivity index (χ0) is 34.5. The molecule has 2 fully saturated rings. The lowest BCUT2D eigenvalue weighted by Crippen LogP contribution is -2.57. The Morgan fingerprint density at radius 3 is 2.31 bits per heavy atom. The number of fused-ring (bicyclic) bond motifs is 2. The van der Waals surface area contributed by atoms with E-state index in [2.05, 4.69) is 0 Å². The number of ether oxygens (including phenoxy) is 1. The molecule has 3 aromatic carbocycles. The van der Waals surface area contributed by atoms with Gasteiger partial charge in [0.2, 0.25) is 11.8 Å². The maximum absolute atomic E-state index is 15.1. The number of hydrogen-bond donors (Lipinski definition) is 1. The summed E-state index contributed by atoms with van der Waals surface area (Å²) in [6.07, 6.45) is 8.32. The molecule has 8 nitrogen and oxygen atoms in total. The summed E-state index contributed by atoms with van der Waals surface area (Å²) in [6.45, 7) is 6.63. The summed E-state index contributed by atoms with van der Waals surface area (Å²) in [5.74, 6) is -1.67. The fourth-order valence-electron chi connectivity index (χ4n) is 8.28. The Morgan fingerprint density at radius 1 is 0.898 bits per heavy atom. The van der Waals surface area contributed by atoms with E-state index in [9.17, 15) is 9.90 Å². The number of aryl methyl sites for hydroxylation is 1. The third kappa shape index (κ3) is 5.47. The summed E-state index contributed by atoms with van der Waals surface area (Å²) >= 11 is 8.27. The highest BCUT2D eigenvalue weighted by atomic mass is 35.5. The first kappa shape index (κ1) is 33.4. The van der Waals surface area contributed by atoms with Gasteiger partial charge in [0.25, 0.3) is 5.91 Å². The molecule has 3 amide bonds. The number of benzene rings is 3. The van der Waals surface area contributed by atoms with Crippen LogP contribution in [0.5, 0.6) is 5.75 Å². The molecule has 49 heavy (non-hydrogen) atoms. The van der Waals surface area contributed by atoms with Crippen molar-refractivity contribution < 1.29 is 24.2 Å². The number of rotatable bonds is 8. The lowest BCUT2D eigenvalue weighted by Gasteiger charge is -2.40. The molecule has 0 aromatic heterocycles. The van der Waals surface area contributed by atoms with E-state index >= 15 is 9.59 Å². The van der Waals surface area contributed by atoms with E-state index in [4.69, 9.17) is 16.3 Å². The molecule has 4 heterocycles. The van der Waals surface area contributed by atoms with E-state index in [1.807, 2.05) is 112 Å². The molecule has 0 aliphatic carbocycles. The number of para-hydroxylation sites is 1. The number of carbonyl (C=O) groups is 3. The molecule has 254 valence electrons. The molecule has 4 aliphatic heterocycles. The van der Waals surface area contributed by atoms with Gasteiger partial charge >= 0.3 is 0 Å². The third-order valence-electron chi connectivity index (χ3n) is 10.3. The van der Waals surface area contributed by atoms with Gasteiger partial charge in [-0.1, -0.05) is 78.4 Å². The number of hydrogen-bond acceptors (Lipinski definition) is 6. The largest absolute Gasteiger partial charge is 0.494 e. The van der Waals surface area contributed by atoms with Crippen molar-refractivity contribution in [2.24, 2.45) is 11.8 Å². The van der Waals surface area contributed by atoms with Crippen LogP contribution in [0.1, 0.15) is 25.0 Å². The second-order valence-electron chi connectivity index (χ2n) is 13.3. The van der Waals surface area contributed by atoms with Crippen LogP contribution in [0.4, 0.5) is 11.4 Å². The van der Waals surface area contributed by atoms with Crippen molar-refractivity contribution in [3.05, 3.63) is 113 Å². The van der Waals surface area contributed by atoms with Crippen LogP contribution >= 0.6 is 23.4 Å². The number of amides is 3. The van der Waals surface area contributed by atoms with Gasteiger partial charge in [-0.25, -0.2) is 0 Å². The van der Waals surface area contributed by atoms with E-state index < -0.39 is 33.4 Å². The average molecular weight is 698 g/mol. The molecule has 0 bridgehead atoms. The van der Waals surface area contributed by atoms with E-state index in [1.54, 1.807) is 20.8 Å². The van der Waals surface area contributed by atoms with Crippen LogP contribution in [0.15, 0.2) is 97.1 Å². The summed E-state index contributed by atoms with van der Waals surface area (Å²) in [4.78, 5) is 50.1. The van der Waals surface area contributed by atoms with Gasteiger partial charge in [-0.2, -0.15) is 0 Å². The van der Waals surface area contributed by atoms with Crippen LogP contribution in [0.3, 0.4) is 0 Å². The molecule has 4 aliphatic rings. The van der Waals surface area contributed by atoms with Crippen molar-refractivity contribution >= 4 is 52.5 Å². The Labute approximate surface area is 296 Å². The van der Waals surface area contributed by atoms with Gasteiger partial charge in [0.15, 0.2) is 0 Å². The third-order valence-corrected chi connectivity index (χ3v) is 12.4. The van der Waals surface area contributed by atoms with E-state index in [-0.39, 0.29) is 30.9 Å². The van der Waals surface area contributed by atoms with Gasteiger partial charge in [0.05, 0.1) is 46.5 Å². The summed E-state index contributed by atoms with van der Waals surface area (Å²) in [6, 6.07) is 20.9. The summed E-state index contributed by atoms with van der Waals surface area (Å²) in [7, 11) is 0. The molecule has 2 saturated heterocycles. The normalized spacial score (nSPS) is 28.2. The number of thioether (sulfide) groups is 1. The number of carbonyl (C=O) groups excluding carboxylic acids is 3. The number of halogens is 1. The number of anilines is 2. The van der Waals surface area contributed by atoms with Gasteiger partial charge in [-0.05, 0) is 68.7 Å². The minimum atomic E-state index is -1.08. The second-order valence-corrected chi connectivity index (χ2v) is 15.5. The van der Waals surface area contributed by atoms with Gasteiger partial charge in [0.1, 0.15) is 11.8 Å². The Bertz CT molecular complexity index is 1810. The van der Waals surface area contributed by atoms with Gasteiger partial charge in [-0.3, -0.25) is 14.4 Å². The maximum atomic E-state index is 15.1. The maximum Gasteiger partial charge on any atom is 0.251 e. The topological polar surface area (TPSA) is 90.4 Å². The van der Waals surface area contributed by atoms with Gasteiger partial charge < -0.3 is 24.5 Å². The van der Waals surface area contributed by atoms with Crippen LogP contribution in [0.2, 0.25) is 5.02 Å². The van der Waals surface area contributed by atoms with E-state index in [1.165, 1.54) is 11.8 Å². The molecule has 1 spiro atoms. The van der Waals surface area contributed by atoms with Crippen LogP contribution in [-0.2, 0) is 20.8 Å². The average Bonchev–Trinajstić information content (AvgIpc) is 3.37. The Hall–Kier alpha value is -4.05. The van der Waals surface area contributed by atoms with Gasteiger partial charge in [0, 0.05) is 23.5 Å². The van der Waals surface area contributed by atoms with Crippen molar-refractivity contribution in [2.75, 3.05) is 36.1 Å². The van der Waals surface area contributed by atoms with Crippen molar-refractivity contribution in [1.29, 1.82) is 0 Å². The molecule has 7 rings (SSSR count). The summed E-state index contributed by atoms with van der Waals surface area (Å²) < 4.78 is 3.77. The van der Waals surface area contributed by atoms with Crippen LogP contribution in [0.25, 0.3) is 0 Å². The number of aliphatic hydroxyl groups is 1. The number of aliphatic hydroxyl groups excluding tert-OH is 1. The summed E-state index contributed by atoms with van der Waals surface area (Å²) in [5.41, 5.74) is 3.07. The predicted octanol–water partition coefficient (Wildman–Crippen LogP) is 5.84. The Morgan fingerprint density at radius 2 is 1.61 bits per heavy atom. The molecular formula is C39H40ClN3O5S. The van der Waals surface area contributed by atoms with E-state index in [0.29, 0.717) is 41.7 Å². The first-order valence-electron chi connectivity index (χ1n) is 16.8. The first-order valence-corrected chi connectivity index (χ1v) is 18.0. The highest BCUT2D eigenvalue weighted by Gasteiger charge is 2.74. The SMILES string of the molecule is CCOc1ccc(N2CC=C[C@]3(C)S[C@]45C=CCN(c6c(C)cccc6Cl)C(=O)C4N([C@@H](CO)Cc4ccccc4)C(=O)[C@@H]5[C@@H]3C2=O)cc1. The van der Waals surface area contributed by atoms with E-state index in [0.717, 1.165) is 11.1 Å². The molecule has 0 radical (unpaired) electrons. The van der Waals surface area contributed by atoms with Crippen LogP contribution in [0, 0.1) is 18.8 Å². The lowest BCUT2D eigenvalue weighted by molar-refractivity contribution is -0.142.